The zero-order valence-electron chi connectivity index (χ0n) is 11.8. The largest absolute Gasteiger partial charge is 0.445 e. The second-order valence-corrected chi connectivity index (χ2v) is 5.20. The smallest absolute Gasteiger partial charge is 0.407 e. The highest BCUT2D eigenvalue weighted by Gasteiger charge is 2.40. The molecule has 1 aliphatic rings. The summed E-state index contributed by atoms with van der Waals surface area (Å²) in [5, 5.41) is 5.20. The molecule has 1 fully saturated rings. The Bertz CT molecular complexity index is 448. The highest BCUT2D eigenvalue weighted by molar-refractivity contribution is 5.67. The average Bonchev–Trinajstić information content (AvgIpc) is 2.53. The molecule has 2 rings (SSSR count). The third kappa shape index (κ3) is 4.97. The fourth-order valence-electron chi connectivity index (χ4n) is 2.35. The van der Waals surface area contributed by atoms with Gasteiger partial charge in [0, 0.05) is 5.92 Å². The number of carbonyl (C=O) groups is 1. The molecule has 0 bridgehead atoms. The van der Waals surface area contributed by atoms with Gasteiger partial charge in [-0.15, -0.1) is 0 Å². The first kappa shape index (κ1) is 15.7. The number of ether oxygens (including phenoxy) is 1. The zero-order chi connectivity index (χ0) is 15.1. The van der Waals surface area contributed by atoms with Crippen molar-refractivity contribution in [2.45, 2.75) is 25.4 Å². The Morgan fingerprint density at radius 2 is 1.95 bits per heavy atom. The van der Waals surface area contributed by atoms with Gasteiger partial charge in [-0.2, -0.15) is 0 Å². The van der Waals surface area contributed by atoms with Crippen LogP contribution in [-0.2, 0) is 11.3 Å². The van der Waals surface area contributed by atoms with E-state index >= 15 is 0 Å². The van der Waals surface area contributed by atoms with E-state index in [1.807, 2.05) is 18.2 Å². The van der Waals surface area contributed by atoms with E-state index in [0.29, 0.717) is 25.9 Å². The Morgan fingerprint density at radius 3 is 2.62 bits per heavy atom. The van der Waals surface area contributed by atoms with E-state index in [9.17, 15) is 13.6 Å². The number of hydrogen-bond acceptors (Lipinski definition) is 3. The Balaban J connectivity index is 1.72. The number of amides is 1. The van der Waals surface area contributed by atoms with Gasteiger partial charge in [0.1, 0.15) is 6.61 Å². The number of hydrogen-bond donors (Lipinski definition) is 2. The van der Waals surface area contributed by atoms with Crippen LogP contribution in [0.1, 0.15) is 18.4 Å². The number of rotatable bonds is 5. The lowest BCUT2D eigenvalue weighted by Gasteiger charge is -2.30. The highest BCUT2D eigenvalue weighted by Crippen LogP contribution is 2.30. The van der Waals surface area contributed by atoms with Crippen molar-refractivity contribution in [3.8, 4) is 0 Å². The fraction of sp³-hybridized carbons (Fsp3) is 0.533. The van der Waals surface area contributed by atoms with Gasteiger partial charge in [-0.05, 0) is 31.5 Å². The second-order valence-electron chi connectivity index (χ2n) is 5.20. The van der Waals surface area contributed by atoms with Crippen LogP contribution in [0.3, 0.4) is 0 Å². The maximum Gasteiger partial charge on any atom is 0.407 e. The van der Waals surface area contributed by atoms with Gasteiger partial charge in [-0.1, -0.05) is 30.3 Å². The maximum atomic E-state index is 13.9. The molecular weight excluding hydrogens is 278 g/mol. The van der Waals surface area contributed by atoms with Crippen molar-refractivity contribution in [1.29, 1.82) is 0 Å². The topological polar surface area (TPSA) is 50.4 Å². The molecular formula is C15H20F2N2O2. The van der Waals surface area contributed by atoms with Gasteiger partial charge < -0.3 is 15.4 Å². The van der Waals surface area contributed by atoms with Gasteiger partial charge in [0.15, 0.2) is 0 Å². The molecule has 0 spiro atoms. The summed E-state index contributed by atoms with van der Waals surface area (Å²) >= 11 is 0. The van der Waals surface area contributed by atoms with Crippen molar-refractivity contribution in [2.75, 3.05) is 19.6 Å². The molecule has 1 saturated heterocycles. The van der Waals surface area contributed by atoms with E-state index in [1.54, 1.807) is 12.1 Å². The number of piperidine rings is 1. The van der Waals surface area contributed by atoms with Crippen LogP contribution < -0.4 is 10.6 Å². The molecule has 0 saturated carbocycles. The Hall–Kier alpha value is -1.69. The van der Waals surface area contributed by atoms with Crippen molar-refractivity contribution in [1.82, 2.24) is 10.6 Å². The molecule has 4 nitrogen and oxygen atoms in total. The summed E-state index contributed by atoms with van der Waals surface area (Å²) in [6, 6.07) is 9.10. The maximum absolute atomic E-state index is 13.9. The van der Waals surface area contributed by atoms with Gasteiger partial charge in [-0.3, -0.25) is 0 Å². The quantitative estimate of drug-likeness (QED) is 0.878. The summed E-state index contributed by atoms with van der Waals surface area (Å²) in [7, 11) is 0. The van der Waals surface area contributed by atoms with E-state index in [2.05, 4.69) is 10.6 Å². The van der Waals surface area contributed by atoms with Gasteiger partial charge >= 0.3 is 6.09 Å². The van der Waals surface area contributed by atoms with E-state index < -0.39 is 24.5 Å². The third-order valence-electron chi connectivity index (χ3n) is 3.62. The van der Waals surface area contributed by atoms with Crippen molar-refractivity contribution in [2.24, 2.45) is 5.92 Å². The Kier molecular flexibility index (Phi) is 5.50. The molecule has 1 aromatic carbocycles. The van der Waals surface area contributed by atoms with Crippen molar-refractivity contribution in [3.63, 3.8) is 0 Å². The molecule has 0 radical (unpaired) electrons. The lowest BCUT2D eigenvalue weighted by molar-refractivity contribution is -0.0653. The van der Waals surface area contributed by atoms with Crippen LogP contribution in [0.4, 0.5) is 13.6 Å². The molecule has 1 amide bonds. The first-order valence-electron chi connectivity index (χ1n) is 7.11. The van der Waals surface area contributed by atoms with Gasteiger partial charge in [0.05, 0.1) is 6.54 Å². The number of halogens is 2. The predicted octanol–water partition coefficient (Wildman–Crippen LogP) is 2.55. The summed E-state index contributed by atoms with van der Waals surface area (Å²) in [5.41, 5.74) is 0.817. The van der Waals surface area contributed by atoms with Crippen LogP contribution in [0, 0.1) is 5.92 Å². The molecule has 6 heteroatoms. The van der Waals surface area contributed by atoms with Crippen LogP contribution in [0.15, 0.2) is 30.3 Å². The van der Waals surface area contributed by atoms with E-state index in [4.69, 9.17) is 4.74 Å². The summed E-state index contributed by atoms with van der Waals surface area (Å²) in [4.78, 5) is 11.5. The molecule has 0 aliphatic carbocycles. The van der Waals surface area contributed by atoms with Crippen LogP contribution in [-0.4, -0.2) is 31.7 Å². The van der Waals surface area contributed by atoms with Gasteiger partial charge in [0.25, 0.3) is 5.92 Å². The number of benzene rings is 1. The number of nitrogens with one attached hydrogen (secondary N) is 2. The van der Waals surface area contributed by atoms with Crippen molar-refractivity contribution < 1.29 is 18.3 Å². The highest BCUT2D eigenvalue weighted by atomic mass is 19.3. The first-order chi connectivity index (χ1) is 10.1. The Labute approximate surface area is 122 Å². The van der Waals surface area contributed by atoms with Crippen LogP contribution >= 0.6 is 0 Å². The molecule has 2 N–H and O–H groups in total. The van der Waals surface area contributed by atoms with Gasteiger partial charge in [-0.25, -0.2) is 13.6 Å². The molecule has 116 valence electrons. The molecule has 1 aliphatic heterocycles. The normalized spacial score (nSPS) is 16.5. The average molecular weight is 298 g/mol. The SMILES string of the molecule is O=C(NCC(F)(F)C1CCNCC1)OCc1ccccc1. The lowest BCUT2D eigenvalue weighted by Crippen LogP contribution is -2.45. The fourth-order valence-corrected chi connectivity index (χ4v) is 2.35. The molecule has 0 unspecified atom stereocenters. The summed E-state index contributed by atoms with van der Waals surface area (Å²) in [6.45, 7) is 0.592. The van der Waals surface area contributed by atoms with E-state index in [-0.39, 0.29) is 6.61 Å². The van der Waals surface area contributed by atoms with Crippen LogP contribution in [0.2, 0.25) is 0 Å². The summed E-state index contributed by atoms with van der Waals surface area (Å²) in [6.07, 6.45) is 0.0362. The minimum atomic E-state index is -2.89. The third-order valence-corrected chi connectivity index (χ3v) is 3.62. The molecule has 1 aromatic rings. The van der Waals surface area contributed by atoms with Crippen molar-refractivity contribution in [3.05, 3.63) is 35.9 Å². The van der Waals surface area contributed by atoms with Crippen LogP contribution in [0.25, 0.3) is 0 Å². The molecule has 1 heterocycles. The minimum absolute atomic E-state index is 0.0750. The molecule has 21 heavy (non-hydrogen) atoms. The van der Waals surface area contributed by atoms with Crippen molar-refractivity contribution >= 4 is 6.09 Å². The zero-order valence-corrected chi connectivity index (χ0v) is 11.8. The lowest BCUT2D eigenvalue weighted by atomic mass is 9.91. The number of carbonyl (C=O) groups excluding carboxylic acids is 1. The molecule has 0 aromatic heterocycles. The summed E-state index contributed by atoms with van der Waals surface area (Å²) in [5.74, 6) is -3.58. The van der Waals surface area contributed by atoms with E-state index in [1.165, 1.54) is 0 Å². The van der Waals surface area contributed by atoms with Crippen LogP contribution in [0.5, 0.6) is 0 Å². The number of alkyl halides is 2. The first-order valence-corrected chi connectivity index (χ1v) is 7.11. The number of alkyl carbamates (subject to hydrolysis) is 1. The summed E-state index contributed by atoms with van der Waals surface area (Å²) < 4.78 is 32.8. The Morgan fingerprint density at radius 1 is 1.29 bits per heavy atom. The van der Waals surface area contributed by atoms with Gasteiger partial charge in [0.2, 0.25) is 0 Å². The molecule has 0 atom stereocenters. The monoisotopic (exact) mass is 298 g/mol. The predicted molar refractivity (Wildman–Crippen MR) is 75.2 cm³/mol. The standard InChI is InChI=1S/C15H20F2N2O2/c16-15(17,13-6-8-18-9-7-13)11-19-14(20)21-10-12-4-2-1-3-5-12/h1-5,13,18H,6-11H2,(H,19,20). The van der Waals surface area contributed by atoms with E-state index in [0.717, 1.165) is 5.56 Å². The minimum Gasteiger partial charge on any atom is -0.445 e. The second kappa shape index (κ2) is 7.36.